The average Bonchev–Trinajstić information content (AvgIpc) is 3.06. The van der Waals surface area contributed by atoms with Crippen molar-refractivity contribution in [3.63, 3.8) is 0 Å². The summed E-state index contributed by atoms with van der Waals surface area (Å²) in [5, 5.41) is 1.88. The van der Waals surface area contributed by atoms with Gasteiger partial charge in [0.25, 0.3) is 0 Å². The van der Waals surface area contributed by atoms with E-state index in [0.29, 0.717) is 17.0 Å². The van der Waals surface area contributed by atoms with Crippen LogP contribution in [0.4, 0.5) is 4.39 Å². The van der Waals surface area contributed by atoms with Gasteiger partial charge in [0.15, 0.2) is 0 Å². The van der Waals surface area contributed by atoms with E-state index in [9.17, 15) is 4.39 Å². The predicted molar refractivity (Wildman–Crippen MR) is 110 cm³/mol. The lowest BCUT2D eigenvalue weighted by molar-refractivity contribution is 0.626. The van der Waals surface area contributed by atoms with Gasteiger partial charge in [0, 0.05) is 34.2 Å². The predicted octanol–water partition coefficient (Wildman–Crippen LogP) is 6.47. The Morgan fingerprint density at radius 1 is 0.821 bits per heavy atom. The Morgan fingerprint density at radius 2 is 1.61 bits per heavy atom. The molecule has 3 aromatic heterocycles. The number of aromatic nitrogens is 2. The first kappa shape index (κ1) is 16.6. The van der Waals surface area contributed by atoms with Gasteiger partial charge < -0.3 is 4.42 Å². The molecule has 0 radical (unpaired) electrons. The third-order valence-corrected chi connectivity index (χ3v) is 5.10. The van der Waals surface area contributed by atoms with E-state index in [1.807, 2.05) is 36.4 Å². The first-order chi connectivity index (χ1) is 13.6. The molecule has 5 rings (SSSR count). The molecule has 0 spiro atoms. The summed E-state index contributed by atoms with van der Waals surface area (Å²) < 4.78 is 19.8. The zero-order valence-corrected chi connectivity index (χ0v) is 15.5. The molecule has 0 aliphatic heterocycles. The fourth-order valence-electron chi connectivity index (χ4n) is 3.79. The van der Waals surface area contributed by atoms with E-state index < -0.39 is 0 Å². The Bertz CT molecular complexity index is 1330. The number of furan rings is 1. The van der Waals surface area contributed by atoms with Crippen LogP contribution in [-0.2, 0) is 0 Å². The SMILES string of the molecule is Cc1cccc(C)c1-c1ccc2c(n1)oc1c(-c3cc(F)ccn3)cccc12. The van der Waals surface area contributed by atoms with Crippen LogP contribution in [-0.4, -0.2) is 9.97 Å². The number of halogens is 1. The molecule has 0 saturated heterocycles. The summed E-state index contributed by atoms with van der Waals surface area (Å²) in [7, 11) is 0. The Balaban J connectivity index is 1.76. The summed E-state index contributed by atoms with van der Waals surface area (Å²) >= 11 is 0. The van der Waals surface area contributed by atoms with Crippen LogP contribution in [0.1, 0.15) is 11.1 Å². The first-order valence-electron chi connectivity index (χ1n) is 9.12. The highest BCUT2D eigenvalue weighted by atomic mass is 19.1. The van der Waals surface area contributed by atoms with Crippen LogP contribution in [0.25, 0.3) is 44.6 Å². The van der Waals surface area contributed by atoms with Crippen molar-refractivity contribution in [3.8, 4) is 22.5 Å². The number of rotatable bonds is 2. The molecule has 0 atom stereocenters. The van der Waals surface area contributed by atoms with E-state index in [2.05, 4.69) is 31.0 Å². The van der Waals surface area contributed by atoms with Crippen LogP contribution in [0.5, 0.6) is 0 Å². The largest absolute Gasteiger partial charge is 0.437 e. The Morgan fingerprint density at radius 3 is 2.39 bits per heavy atom. The van der Waals surface area contributed by atoms with Gasteiger partial charge >= 0.3 is 0 Å². The second-order valence-corrected chi connectivity index (χ2v) is 6.96. The zero-order chi connectivity index (χ0) is 19.3. The van der Waals surface area contributed by atoms with Crippen molar-refractivity contribution < 1.29 is 8.81 Å². The molecule has 0 aliphatic carbocycles. The number of benzene rings is 2. The lowest BCUT2D eigenvalue weighted by Crippen LogP contribution is -1.90. The standard InChI is InChI=1S/C24H17FN2O/c1-14-5-3-6-15(2)22(14)20-10-9-18-17-7-4-8-19(23(17)28-24(18)27-20)21-13-16(25)11-12-26-21/h3-13H,1-2H3. The molecule has 3 nitrogen and oxygen atoms in total. The van der Waals surface area contributed by atoms with E-state index >= 15 is 0 Å². The molecule has 0 N–H and O–H groups in total. The molecule has 0 unspecified atom stereocenters. The lowest BCUT2D eigenvalue weighted by atomic mass is 9.99. The molecular weight excluding hydrogens is 351 g/mol. The number of pyridine rings is 2. The van der Waals surface area contributed by atoms with Gasteiger partial charge in [-0.05, 0) is 49.2 Å². The second-order valence-electron chi connectivity index (χ2n) is 6.96. The summed E-state index contributed by atoms with van der Waals surface area (Å²) in [6.07, 6.45) is 1.46. The summed E-state index contributed by atoms with van der Waals surface area (Å²) in [5.74, 6) is -0.325. The maximum absolute atomic E-state index is 13.7. The molecule has 4 heteroatoms. The van der Waals surface area contributed by atoms with Gasteiger partial charge in [-0.1, -0.05) is 30.3 Å². The summed E-state index contributed by atoms with van der Waals surface area (Å²) in [6, 6.07) is 18.8. The Hall–Kier alpha value is -3.53. The van der Waals surface area contributed by atoms with Crippen LogP contribution in [0, 0.1) is 19.7 Å². The van der Waals surface area contributed by atoms with Crippen LogP contribution < -0.4 is 0 Å². The molecule has 5 aromatic rings. The molecule has 136 valence electrons. The maximum Gasteiger partial charge on any atom is 0.227 e. The molecule has 0 bridgehead atoms. The molecule has 28 heavy (non-hydrogen) atoms. The number of nitrogens with zero attached hydrogens (tertiary/aromatic N) is 2. The fraction of sp³-hybridized carbons (Fsp3) is 0.0833. The van der Waals surface area contributed by atoms with E-state index in [0.717, 1.165) is 27.6 Å². The van der Waals surface area contributed by atoms with Crippen molar-refractivity contribution in [1.82, 2.24) is 9.97 Å². The number of aryl methyl sites for hydroxylation is 2. The molecule has 0 amide bonds. The van der Waals surface area contributed by atoms with Gasteiger partial charge in [0.1, 0.15) is 11.4 Å². The number of hydrogen-bond donors (Lipinski definition) is 0. The van der Waals surface area contributed by atoms with Crippen LogP contribution in [0.3, 0.4) is 0 Å². The highest BCUT2D eigenvalue weighted by molar-refractivity contribution is 6.08. The molecular formula is C24H17FN2O. The van der Waals surface area contributed by atoms with Crippen molar-refractivity contribution in [1.29, 1.82) is 0 Å². The van der Waals surface area contributed by atoms with E-state index in [1.165, 1.54) is 29.5 Å². The van der Waals surface area contributed by atoms with E-state index in [-0.39, 0.29) is 5.82 Å². The van der Waals surface area contributed by atoms with Gasteiger partial charge in [-0.25, -0.2) is 9.37 Å². The quantitative estimate of drug-likeness (QED) is 0.359. The molecule has 0 saturated carbocycles. The summed E-state index contributed by atoms with van der Waals surface area (Å²) in [5.41, 5.74) is 6.88. The van der Waals surface area contributed by atoms with Crippen LogP contribution in [0.2, 0.25) is 0 Å². The average molecular weight is 368 g/mol. The van der Waals surface area contributed by atoms with Gasteiger partial charge in [-0.3, -0.25) is 4.98 Å². The number of hydrogen-bond acceptors (Lipinski definition) is 3. The second kappa shape index (κ2) is 6.27. The number of para-hydroxylation sites is 1. The lowest BCUT2D eigenvalue weighted by Gasteiger charge is -2.08. The van der Waals surface area contributed by atoms with Gasteiger partial charge in [0.05, 0.1) is 11.4 Å². The van der Waals surface area contributed by atoms with Gasteiger partial charge in [-0.15, -0.1) is 0 Å². The minimum atomic E-state index is -0.325. The zero-order valence-electron chi connectivity index (χ0n) is 15.5. The Kier molecular flexibility index (Phi) is 3.72. The first-order valence-corrected chi connectivity index (χ1v) is 9.12. The smallest absolute Gasteiger partial charge is 0.227 e. The third-order valence-electron chi connectivity index (χ3n) is 5.10. The third kappa shape index (κ3) is 2.57. The molecule has 3 heterocycles. The van der Waals surface area contributed by atoms with E-state index in [1.54, 1.807) is 0 Å². The van der Waals surface area contributed by atoms with Crippen LogP contribution in [0.15, 0.2) is 71.3 Å². The van der Waals surface area contributed by atoms with Crippen molar-refractivity contribution in [2.24, 2.45) is 0 Å². The number of fused-ring (bicyclic) bond motifs is 3. The van der Waals surface area contributed by atoms with Crippen LogP contribution >= 0.6 is 0 Å². The minimum absolute atomic E-state index is 0.325. The van der Waals surface area contributed by atoms with Crippen molar-refractivity contribution >= 4 is 22.1 Å². The molecule has 2 aromatic carbocycles. The summed E-state index contributed by atoms with van der Waals surface area (Å²) in [4.78, 5) is 9.09. The van der Waals surface area contributed by atoms with E-state index in [4.69, 9.17) is 9.40 Å². The van der Waals surface area contributed by atoms with Crippen molar-refractivity contribution in [2.45, 2.75) is 13.8 Å². The Labute approximate surface area is 161 Å². The van der Waals surface area contributed by atoms with Crippen molar-refractivity contribution in [3.05, 3.63) is 83.8 Å². The monoisotopic (exact) mass is 368 g/mol. The van der Waals surface area contributed by atoms with Crippen molar-refractivity contribution in [2.75, 3.05) is 0 Å². The molecule has 0 aliphatic rings. The minimum Gasteiger partial charge on any atom is -0.437 e. The highest BCUT2D eigenvalue weighted by Gasteiger charge is 2.16. The highest BCUT2D eigenvalue weighted by Crippen LogP contribution is 2.36. The fourth-order valence-corrected chi connectivity index (χ4v) is 3.79. The van der Waals surface area contributed by atoms with Gasteiger partial charge in [0.2, 0.25) is 5.71 Å². The maximum atomic E-state index is 13.7. The normalized spacial score (nSPS) is 11.4. The topological polar surface area (TPSA) is 38.9 Å². The van der Waals surface area contributed by atoms with Gasteiger partial charge in [-0.2, -0.15) is 0 Å². The molecule has 0 fully saturated rings. The summed E-state index contributed by atoms with van der Waals surface area (Å²) in [6.45, 7) is 4.17.